The molecule has 4 aliphatic rings. The maximum atomic E-state index is 14.3. The molecule has 0 unspecified atom stereocenters. The van der Waals surface area contributed by atoms with Crippen molar-refractivity contribution in [3.63, 3.8) is 0 Å². The van der Waals surface area contributed by atoms with Gasteiger partial charge in [-0.1, -0.05) is 11.6 Å². The first-order valence-corrected chi connectivity index (χ1v) is 11.6. The molecule has 8 heteroatoms. The highest BCUT2D eigenvalue weighted by atomic mass is 35.5. The second kappa shape index (κ2) is 6.92. The van der Waals surface area contributed by atoms with Crippen molar-refractivity contribution in [1.29, 1.82) is 0 Å². The molecule has 0 atom stereocenters. The Morgan fingerprint density at radius 3 is 2.33 bits per heavy atom. The minimum atomic E-state index is -3.79. The Bertz CT molecular complexity index is 845. The lowest BCUT2D eigenvalue weighted by atomic mass is 9.52. The molecule has 0 aliphatic heterocycles. The van der Waals surface area contributed by atoms with Gasteiger partial charge in [-0.25, -0.2) is 17.5 Å². The third-order valence-electron chi connectivity index (χ3n) is 6.40. The van der Waals surface area contributed by atoms with Gasteiger partial charge in [0.25, 0.3) is 5.91 Å². The van der Waals surface area contributed by atoms with E-state index in [4.69, 9.17) is 16.3 Å². The summed E-state index contributed by atoms with van der Waals surface area (Å²) in [6.45, 7) is 0.503. The van der Waals surface area contributed by atoms with Gasteiger partial charge in [-0.05, 0) is 67.8 Å². The fraction of sp³-hybridized carbons (Fsp3) is 0.632. The first-order chi connectivity index (χ1) is 12.7. The van der Waals surface area contributed by atoms with Crippen molar-refractivity contribution in [3.05, 3.63) is 28.5 Å². The number of hydrogen-bond donors (Lipinski definition) is 1. The molecule has 0 spiro atoms. The summed E-state index contributed by atoms with van der Waals surface area (Å²) in [7, 11) is -3.79. The average molecular weight is 416 g/mol. The molecule has 1 amide bonds. The Hall–Kier alpha value is -1.34. The molecule has 1 aromatic rings. The first kappa shape index (κ1) is 19.0. The summed E-state index contributed by atoms with van der Waals surface area (Å²) < 4.78 is 44.2. The van der Waals surface area contributed by atoms with E-state index in [9.17, 15) is 17.6 Å². The van der Waals surface area contributed by atoms with E-state index in [0.29, 0.717) is 24.4 Å². The van der Waals surface area contributed by atoms with Crippen molar-refractivity contribution in [2.24, 2.45) is 29.6 Å². The van der Waals surface area contributed by atoms with Crippen molar-refractivity contribution in [1.82, 2.24) is 4.72 Å². The molecule has 148 valence electrons. The summed E-state index contributed by atoms with van der Waals surface area (Å²) in [5.41, 5.74) is -0.424. The van der Waals surface area contributed by atoms with Gasteiger partial charge in [0.1, 0.15) is 11.6 Å². The highest BCUT2D eigenvalue weighted by molar-refractivity contribution is 7.89. The van der Waals surface area contributed by atoms with E-state index in [2.05, 4.69) is 0 Å². The van der Waals surface area contributed by atoms with Crippen LogP contribution in [0.4, 0.5) is 4.39 Å². The van der Waals surface area contributed by atoms with Gasteiger partial charge < -0.3 is 4.74 Å². The number of hydrogen-bond acceptors (Lipinski definition) is 4. The van der Waals surface area contributed by atoms with Crippen LogP contribution in [0.15, 0.2) is 12.1 Å². The van der Waals surface area contributed by atoms with E-state index >= 15 is 0 Å². The number of sulfonamides is 1. The predicted molar refractivity (Wildman–Crippen MR) is 99.8 cm³/mol. The zero-order valence-corrected chi connectivity index (χ0v) is 16.7. The van der Waals surface area contributed by atoms with Gasteiger partial charge >= 0.3 is 0 Å². The molecule has 4 bridgehead atoms. The number of rotatable bonds is 5. The van der Waals surface area contributed by atoms with E-state index in [1.807, 2.05) is 0 Å². The minimum absolute atomic E-state index is 0.0962. The molecule has 5 nitrogen and oxygen atoms in total. The van der Waals surface area contributed by atoms with E-state index in [0.717, 1.165) is 30.2 Å². The van der Waals surface area contributed by atoms with Crippen LogP contribution in [0.25, 0.3) is 0 Å². The van der Waals surface area contributed by atoms with Crippen molar-refractivity contribution < 1.29 is 22.3 Å². The molecular formula is C19H23ClFNO4S. The Balaban J connectivity index is 1.45. The number of carbonyl (C=O) groups is 1. The van der Waals surface area contributed by atoms with E-state index in [-0.39, 0.29) is 10.8 Å². The quantitative estimate of drug-likeness (QED) is 0.797. The van der Waals surface area contributed by atoms with Crippen molar-refractivity contribution in [2.75, 3.05) is 12.9 Å². The second-order valence-corrected chi connectivity index (χ2v) is 10.5. The number of carbonyl (C=O) groups excluding carboxylic acids is 1. The van der Waals surface area contributed by atoms with Crippen molar-refractivity contribution in [3.8, 4) is 5.75 Å². The smallest absolute Gasteiger partial charge is 0.267 e. The number of halogens is 2. The lowest BCUT2D eigenvalue weighted by Gasteiger charge is -2.54. The van der Waals surface area contributed by atoms with Gasteiger partial charge in [-0.3, -0.25) is 4.79 Å². The van der Waals surface area contributed by atoms with Gasteiger partial charge in [-0.15, -0.1) is 0 Å². The van der Waals surface area contributed by atoms with Crippen LogP contribution in [-0.2, 0) is 10.0 Å². The van der Waals surface area contributed by atoms with Crippen LogP contribution in [0.3, 0.4) is 0 Å². The molecule has 0 heterocycles. The number of benzene rings is 1. The summed E-state index contributed by atoms with van der Waals surface area (Å²) in [4.78, 5) is 11.9. The molecule has 27 heavy (non-hydrogen) atoms. The molecule has 4 aliphatic carbocycles. The third-order valence-corrected chi connectivity index (χ3v) is 7.25. The first-order valence-electron chi connectivity index (χ1n) is 9.33. The highest BCUT2D eigenvalue weighted by Crippen LogP contribution is 2.56. The summed E-state index contributed by atoms with van der Waals surface area (Å²) in [6, 6.07) is 2.18. The van der Waals surface area contributed by atoms with Crippen LogP contribution in [0.1, 0.15) is 42.5 Å². The number of nitrogens with one attached hydrogen (secondary N) is 1. The lowest BCUT2D eigenvalue weighted by Crippen LogP contribution is -2.47. The zero-order chi connectivity index (χ0) is 19.3. The van der Waals surface area contributed by atoms with Crippen LogP contribution in [-0.4, -0.2) is 27.2 Å². The van der Waals surface area contributed by atoms with E-state index in [1.165, 1.54) is 32.1 Å². The molecular weight excluding hydrogens is 393 g/mol. The Labute approximate surface area is 163 Å². The van der Waals surface area contributed by atoms with Gasteiger partial charge in [0.2, 0.25) is 10.0 Å². The van der Waals surface area contributed by atoms with Crippen LogP contribution in [0, 0.1) is 35.4 Å². The number of amides is 1. The molecule has 0 aromatic heterocycles. The maximum Gasteiger partial charge on any atom is 0.267 e. The topological polar surface area (TPSA) is 72.5 Å². The molecule has 4 saturated carbocycles. The van der Waals surface area contributed by atoms with Crippen LogP contribution in [0.2, 0.25) is 5.02 Å². The van der Waals surface area contributed by atoms with Gasteiger partial charge in [-0.2, -0.15) is 0 Å². The second-order valence-electron chi connectivity index (χ2n) is 8.37. The van der Waals surface area contributed by atoms with Gasteiger partial charge in [0.15, 0.2) is 0 Å². The Morgan fingerprint density at radius 1 is 1.19 bits per heavy atom. The minimum Gasteiger partial charge on any atom is -0.492 e. The van der Waals surface area contributed by atoms with Gasteiger partial charge in [0, 0.05) is 6.07 Å². The summed E-state index contributed by atoms with van der Waals surface area (Å²) in [5.74, 6) is 1.87. The Kier molecular flexibility index (Phi) is 4.87. The monoisotopic (exact) mass is 415 g/mol. The fourth-order valence-corrected chi connectivity index (χ4v) is 6.20. The van der Waals surface area contributed by atoms with E-state index < -0.39 is 27.3 Å². The lowest BCUT2D eigenvalue weighted by molar-refractivity contribution is -0.0529. The molecule has 1 aromatic carbocycles. The molecule has 4 fully saturated rings. The molecule has 0 saturated heterocycles. The summed E-state index contributed by atoms with van der Waals surface area (Å²) >= 11 is 6.16. The normalized spacial score (nSPS) is 31.7. The summed E-state index contributed by atoms with van der Waals surface area (Å²) in [5, 5.41) is 0.0962. The largest absolute Gasteiger partial charge is 0.492 e. The molecule has 5 rings (SSSR count). The zero-order valence-electron chi connectivity index (χ0n) is 15.1. The molecule has 0 radical (unpaired) electrons. The van der Waals surface area contributed by atoms with Crippen LogP contribution >= 0.6 is 11.6 Å². The molecule has 1 N–H and O–H groups in total. The van der Waals surface area contributed by atoms with E-state index in [1.54, 1.807) is 4.72 Å². The number of ether oxygens (including phenoxy) is 1. The predicted octanol–water partition coefficient (Wildman–Crippen LogP) is 3.62. The average Bonchev–Trinajstić information content (AvgIpc) is 2.54. The third kappa shape index (κ3) is 3.94. The Morgan fingerprint density at radius 2 is 1.78 bits per heavy atom. The fourth-order valence-electron chi connectivity index (χ4n) is 5.53. The van der Waals surface area contributed by atoms with Gasteiger partial charge in [0.05, 0.1) is 23.4 Å². The van der Waals surface area contributed by atoms with Crippen LogP contribution in [0.5, 0.6) is 5.75 Å². The van der Waals surface area contributed by atoms with Crippen LogP contribution < -0.4 is 9.46 Å². The summed E-state index contributed by atoms with van der Waals surface area (Å²) in [6.07, 6.45) is 7.30. The maximum absolute atomic E-state index is 14.3. The standard InChI is InChI=1S/C19H23ClFNO4S/c1-27(24,25)22-19(23)14-7-16(20)18(8-17(14)21)26-9-15-12-3-10-2-11(5-12)6-13(15)4-10/h7-8,10-13,15H,2-6,9H2,1H3,(H,22,23). The highest BCUT2D eigenvalue weighted by Gasteiger charge is 2.48. The van der Waals surface area contributed by atoms with Crippen molar-refractivity contribution in [2.45, 2.75) is 32.1 Å². The SMILES string of the molecule is CS(=O)(=O)NC(=O)c1cc(Cl)c(OCC2C3CC4CC(C3)CC2C4)cc1F. The van der Waals surface area contributed by atoms with Crippen molar-refractivity contribution >= 4 is 27.5 Å².